The van der Waals surface area contributed by atoms with Crippen LogP contribution in [0.3, 0.4) is 0 Å². The first-order valence-corrected chi connectivity index (χ1v) is 9.11. The number of carbonyl (C=O) groups is 2. The van der Waals surface area contributed by atoms with Gasteiger partial charge in [0.05, 0.1) is 19.6 Å². The number of anilines is 1. The van der Waals surface area contributed by atoms with Crippen molar-refractivity contribution in [2.24, 2.45) is 0 Å². The van der Waals surface area contributed by atoms with Crippen molar-refractivity contribution in [3.05, 3.63) is 58.1 Å². The number of hydrogen-bond donors (Lipinski definition) is 2. The smallest absolute Gasteiger partial charge is 0.243 e. The standard InChI is InChI=1S/C22H28N2O3/c1-14-11-16(3)22(17(4)12-14)24-21(26)13-23-20(25)9-10-27-19-8-6-7-15(2)18(19)5/h6-8,11-12H,9-10,13H2,1-5H3,(H,23,25)(H,24,26). The number of nitrogens with one attached hydrogen (secondary N) is 2. The second-order valence-electron chi connectivity index (χ2n) is 6.90. The van der Waals surface area contributed by atoms with Crippen molar-refractivity contribution >= 4 is 17.5 Å². The van der Waals surface area contributed by atoms with Crippen LogP contribution in [0, 0.1) is 34.6 Å². The molecule has 0 spiro atoms. The van der Waals surface area contributed by atoms with Crippen molar-refractivity contribution in [1.29, 1.82) is 0 Å². The summed E-state index contributed by atoms with van der Waals surface area (Å²) in [6, 6.07) is 9.87. The molecule has 0 fully saturated rings. The lowest BCUT2D eigenvalue weighted by molar-refractivity contribution is -0.124. The maximum absolute atomic E-state index is 12.1. The highest BCUT2D eigenvalue weighted by Gasteiger charge is 2.10. The molecule has 0 aliphatic carbocycles. The number of rotatable bonds is 7. The molecule has 2 amide bonds. The molecule has 2 aromatic rings. The van der Waals surface area contributed by atoms with E-state index < -0.39 is 0 Å². The third-order valence-electron chi connectivity index (χ3n) is 4.53. The molecule has 0 heterocycles. The van der Waals surface area contributed by atoms with E-state index in [0.29, 0.717) is 0 Å². The lowest BCUT2D eigenvalue weighted by atomic mass is 10.1. The van der Waals surface area contributed by atoms with Gasteiger partial charge in [0, 0.05) is 5.69 Å². The molecule has 2 N–H and O–H groups in total. The van der Waals surface area contributed by atoms with E-state index in [1.165, 1.54) is 0 Å². The van der Waals surface area contributed by atoms with Crippen molar-refractivity contribution in [3.63, 3.8) is 0 Å². The van der Waals surface area contributed by atoms with Gasteiger partial charge in [-0.15, -0.1) is 0 Å². The lowest BCUT2D eigenvalue weighted by Gasteiger charge is -2.13. The zero-order valence-electron chi connectivity index (χ0n) is 16.7. The monoisotopic (exact) mass is 368 g/mol. The fourth-order valence-electron chi connectivity index (χ4n) is 2.96. The number of hydrogen-bond acceptors (Lipinski definition) is 3. The summed E-state index contributed by atoms with van der Waals surface area (Å²) in [5.41, 5.74) is 6.19. The van der Waals surface area contributed by atoms with Gasteiger partial charge in [-0.05, 0) is 62.9 Å². The molecule has 0 aliphatic heterocycles. The summed E-state index contributed by atoms with van der Waals surface area (Å²) in [7, 11) is 0. The molecule has 0 aromatic heterocycles. The Morgan fingerprint density at radius 3 is 2.26 bits per heavy atom. The number of ether oxygens (including phenoxy) is 1. The van der Waals surface area contributed by atoms with Gasteiger partial charge in [0.2, 0.25) is 11.8 Å². The molecule has 5 nitrogen and oxygen atoms in total. The van der Waals surface area contributed by atoms with Gasteiger partial charge >= 0.3 is 0 Å². The molecule has 5 heteroatoms. The van der Waals surface area contributed by atoms with E-state index in [4.69, 9.17) is 4.74 Å². The molecule has 0 atom stereocenters. The average molecular weight is 368 g/mol. The van der Waals surface area contributed by atoms with Crippen LogP contribution in [0.4, 0.5) is 5.69 Å². The Hall–Kier alpha value is -2.82. The van der Waals surface area contributed by atoms with E-state index >= 15 is 0 Å². The molecule has 0 saturated carbocycles. The number of aryl methyl sites for hydroxylation is 4. The Bertz CT molecular complexity index is 820. The largest absolute Gasteiger partial charge is 0.493 e. The summed E-state index contributed by atoms with van der Waals surface area (Å²) < 4.78 is 5.67. The van der Waals surface area contributed by atoms with Gasteiger partial charge in [-0.3, -0.25) is 9.59 Å². The maximum Gasteiger partial charge on any atom is 0.243 e. The molecular formula is C22H28N2O3. The van der Waals surface area contributed by atoms with Crippen LogP contribution < -0.4 is 15.4 Å². The summed E-state index contributed by atoms with van der Waals surface area (Å²) in [5.74, 6) is 0.326. The quantitative estimate of drug-likeness (QED) is 0.782. The molecule has 2 aromatic carbocycles. The van der Waals surface area contributed by atoms with Gasteiger partial charge in [-0.2, -0.15) is 0 Å². The van der Waals surface area contributed by atoms with Gasteiger partial charge in [0.15, 0.2) is 0 Å². The SMILES string of the molecule is Cc1cc(C)c(NC(=O)CNC(=O)CCOc2cccc(C)c2C)c(C)c1. The third kappa shape index (κ3) is 5.84. The minimum atomic E-state index is -0.242. The van der Waals surface area contributed by atoms with Gasteiger partial charge in [-0.1, -0.05) is 29.8 Å². The van der Waals surface area contributed by atoms with Crippen LogP contribution in [0.25, 0.3) is 0 Å². The topological polar surface area (TPSA) is 67.4 Å². The summed E-state index contributed by atoms with van der Waals surface area (Å²) >= 11 is 0. The molecular weight excluding hydrogens is 340 g/mol. The Morgan fingerprint density at radius 2 is 1.59 bits per heavy atom. The first-order valence-electron chi connectivity index (χ1n) is 9.11. The summed E-state index contributed by atoms with van der Waals surface area (Å²) in [6.07, 6.45) is 0.198. The molecule has 0 bridgehead atoms. The predicted molar refractivity (Wildman–Crippen MR) is 108 cm³/mol. The Balaban J connectivity index is 1.77. The van der Waals surface area contributed by atoms with Crippen molar-refractivity contribution in [1.82, 2.24) is 5.32 Å². The predicted octanol–water partition coefficient (Wildman–Crippen LogP) is 3.75. The molecule has 0 unspecified atom stereocenters. The first kappa shape index (κ1) is 20.5. The van der Waals surface area contributed by atoms with Crippen LogP contribution >= 0.6 is 0 Å². The van der Waals surface area contributed by atoms with Crippen LogP contribution in [0.15, 0.2) is 30.3 Å². The van der Waals surface area contributed by atoms with Gasteiger partial charge < -0.3 is 15.4 Å². The average Bonchev–Trinajstić information content (AvgIpc) is 2.60. The van der Waals surface area contributed by atoms with Gasteiger partial charge in [-0.25, -0.2) is 0 Å². The molecule has 27 heavy (non-hydrogen) atoms. The van der Waals surface area contributed by atoms with Crippen molar-refractivity contribution in [3.8, 4) is 5.75 Å². The summed E-state index contributed by atoms with van der Waals surface area (Å²) in [5, 5.41) is 5.51. The minimum Gasteiger partial charge on any atom is -0.493 e. The number of amides is 2. The van der Waals surface area contributed by atoms with E-state index in [-0.39, 0.29) is 31.4 Å². The van der Waals surface area contributed by atoms with Crippen LogP contribution in [-0.4, -0.2) is 25.0 Å². The van der Waals surface area contributed by atoms with Crippen LogP contribution in [-0.2, 0) is 9.59 Å². The van der Waals surface area contributed by atoms with E-state index in [2.05, 4.69) is 10.6 Å². The van der Waals surface area contributed by atoms with E-state index in [1.807, 2.05) is 65.0 Å². The summed E-state index contributed by atoms with van der Waals surface area (Å²) in [4.78, 5) is 24.1. The number of carbonyl (C=O) groups excluding carboxylic acids is 2. The van der Waals surface area contributed by atoms with Crippen molar-refractivity contribution in [2.45, 2.75) is 41.0 Å². The van der Waals surface area contributed by atoms with Crippen LogP contribution in [0.5, 0.6) is 5.75 Å². The van der Waals surface area contributed by atoms with E-state index in [0.717, 1.165) is 39.3 Å². The van der Waals surface area contributed by atoms with Crippen molar-refractivity contribution in [2.75, 3.05) is 18.5 Å². The molecule has 144 valence electrons. The van der Waals surface area contributed by atoms with Crippen LogP contribution in [0.1, 0.15) is 34.2 Å². The van der Waals surface area contributed by atoms with E-state index in [9.17, 15) is 9.59 Å². The fourth-order valence-corrected chi connectivity index (χ4v) is 2.96. The molecule has 0 radical (unpaired) electrons. The van der Waals surface area contributed by atoms with E-state index in [1.54, 1.807) is 0 Å². The Labute approximate surface area is 161 Å². The van der Waals surface area contributed by atoms with Crippen molar-refractivity contribution < 1.29 is 14.3 Å². The highest BCUT2D eigenvalue weighted by Crippen LogP contribution is 2.22. The lowest BCUT2D eigenvalue weighted by Crippen LogP contribution is -2.33. The first-order chi connectivity index (χ1) is 12.8. The zero-order valence-corrected chi connectivity index (χ0v) is 16.7. The molecule has 0 aliphatic rings. The van der Waals surface area contributed by atoms with Gasteiger partial charge in [0.1, 0.15) is 5.75 Å². The normalized spacial score (nSPS) is 10.4. The minimum absolute atomic E-state index is 0.0605. The maximum atomic E-state index is 12.1. The van der Waals surface area contributed by atoms with Gasteiger partial charge in [0.25, 0.3) is 0 Å². The Kier molecular flexibility index (Phi) is 6.99. The second kappa shape index (κ2) is 9.21. The summed E-state index contributed by atoms with van der Waals surface area (Å²) in [6.45, 7) is 10.2. The zero-order chi connectivity index (χ0) is 20.0. The second-order valence-corrected chi connectivity index (χ2v) is 6.90. The highest BCUT2D eigenvalue weighted by atomic mass is 16.5. The number of benzene rings is 2. The fraction of sp³-hybridized carbons (Fsp3) is 0.364. The molecule has 2 rings (SSSR count). The Morgan fingerprint density at radius 1 is 0.926 bits per heavy atom. The van der Waals surface area contributed by atoms with Crippen LogP contribution in [0.2, 0.25) is 0 Å². The highest BCUT2D eigenvalue weighted by molar-refractivity contribution is 5.95. The molecule has 0 saturated heterocycles. The third-order valence-corrected chi connectivity index (χ3v) is 4.53.